The maximum Gasteiger partial charge on any atom is 0.451 e. The van der Waals surface area contributed by atoms with E-state index in [1.165, 1.54) is 4.90 Å². The molecule has 0 bridgehead atoms. The lowest BCUT2D eigenvalue weighted by molar-refractivity contribution is -0.148. The van der Waals surface area contributed by atoms with Crippen molar-refractivity contribution < 1.29 is 31.1 Å². The molecule has 0 saturated carbocycles. The van der Waals surface area contributed by atoms with Gasteiger partial charge in [-0.15, -0.1) is 10.2 Å². The van der Waals surface area contributed by atoms with Crippen LogP contribution in [-0.2, 0) is 30.6 Å². The molecule has 0 N–H and O–H groups in total. The minimum atomic E-state index is -4.65. The fourth-order valence-corrected chi connectivity index (χ4v) is 2.54. The molecule has 1 aliphatic heterocycles. The number of aromatic nitrogens is 3. The van der Waals surface area contributed by atoms with Gasteiger partial charge in [0.15, 0.2) is 17.5 Å². The van der Waals surface area contributed by atoms with Gasteiger partial charge in [-0.1, -0.05) is 0 Å². The van der Waals surface area contributed by atoms with Gasteiger partial charge in [0.05, 0.1) is 19.3 Å². The van der Waals surface area contributed by atoms with Gasteiger partial charge in [-0.25, -0.2) is 13.2 Å². The lowest BCUT2D eigenvalue weighted by Crippen LogP contribution is -2.39. The summed E-state index contributed by atoms with van der Waals surface area (Å²) >= 11 is 0. The van der Waals surface area contributed by atoms with E-state index in [0.29, 0.717) is 12.1 Å². The Morgan fingerprint density at radius 1 is 1.11 bits per heavy atom. The molecule has 0 radical (unpaired) electrons. The molecule has 3 rings (SSSR count). The SMILES string of the molecule is O=C(C=NCc1cc(F)c(F)cc1F)N1CCn2c(nnc2C(F)(F)F)C1. The van der Waals surface area contributed by atoms with E-state index in [9.17, 15) is 31.1 Å². The van der Waals surface area contributed by atoms with Gasteiger partial charge in [0.1, 0.15) is 5.82 Å². The fourth-order valence-electron chi connectivity index (χ4n) is 2.54. The quantitative estimate of drug-likeness (QED) is 0.458. The number of fused-ring (bicyclic) bond motifs is 1. The van der Waals surface area contributed by atoms with E-state index in [0.717, 1.165) is 10.8 Å². The Morgan fingerprint density at radius 3 is 2.52 bits per heavy atom. The number of amides is 1. The standard InChI is InChI=1S/C15H11F6N5O/c16-9-4-11(18)10(17)3-8(9)5-22-6-13(27)25-1-2-26-12(7-25)23-24-14(26)15(19,20)21/h3-4,6H,1-2,5,7H2. The van der Waals surface area contributed by atoms with Gasteiger partial charge in [-0.2, -0.15) is 13.2 Å². The molecule has 6 nitrogen and oxygen atoms in total. The summed E-state index contributed by atoms with van der Waals surface area (Å²) in [5.41, 5.74) is -0.244. The van der Waals surface area contributed by atoms with E-state index in [-0.39, 0.29) is 31.0 Å². The first-order valence-corrected chi connectivity index (χ1v) is 7.58. The maximum absolute atomic E-state index is 13.5. The third-order valence-corrected chi connectivity index (χ3v) is 3.87. The van der Waals surface area contributed by atoms with E-state index in [4.69, 9.17) is 0 Å². The van der Waals surface area contributed by atoms with E-state index >= 15 is 0 Å². The Kier molecular flexibility index (Phi) is 4.89. The van der Waals surface area contributed by atoms with E-state index in [1.807, 2.05) is 0 Å². The Hall–Kier alpha value is -2.92. The van der Waals surface area contributed by atoms with Gasteiger partial charge < -0.3 is 9.47 Å². The highest BCUT2D eigenvalue weighted by atomic mass is 19.4. The predicted molar refractivity (Wildman–Crippen MR) is 79.0 cm³/mol. The molecule has 27 heavy (non-hydrogen) atoms. The third-order valence-electron chi connectivity index (χ3n) is 3.87. The third kappa shape index (κ3) is 3.93. The number of hydrogen-bond donors (Lipinski definition) is 0. The number of carbonyl (C=O) groups excluding carboxylic acids is 1. The number of nitrogens with zero attached hydrogens (tertiary/aromatic N) is 5. The molecule has 144 valence electrons. The first-order valence-electron chi connectivity index (χ1n) is 7.58. The van der Waals surface area contributed by atoms with Gasteiger partial charge in [-0.05, 0) is 6.07 Å². The smallest absolute Gasteiger partial charge is 0.329 e. The number of benzene rings is 1. The van der Waals surface area contributed by atoms with Crippen LogP contribution < -0.4 is 0 Å². The second-order valence-electron chi connectivity index (χ2n) is 5.68. The number of aliphatic imine (C=N–C) groups is 1. The molecule has 12 heteroatoms. The number of rotatable bonds is 3. The van der Waals surface area contributed by atoms with E-state index in [2.05, 4.69) is 15.2 Å². The first kappa shape index (κ1) is 18.9. The van der Waals surface area contributed by atoms with Crippen LogP contribution in [0, 0.1) is 17.5 Å². The molecule has 1 aromatic carbocycles. The molecule has 2 heterocycles. The molecular weight excluding hydrogens is 380 g/mol. The Balaban J connectivity index is 1.65. The summed E-state index contributed by atoms with van der Waals surface area (Å²) in [6, 6.07) is 1.01. The van der Waals surface area contributed by atoms with Crippen LogP contribution in [0.4, 0.5) is 26.3 Å². The zero-order chi connectivity index (χ0) is 19.8. The van der Waals surface area contributed by atoms with Gasteiger partial charge >= 0.3 is 6.18 Å². The molecule has 0 atom stereocenters. The number of hydrogen-bond acceptors (Lipinski definition) is 4. The largest absolute Gasteiger partial charge is 0.451 e. The molecule has 0 aliphatic carbocycles. The summed E-state index contributed by atoms with van der Waals surface area (Å²) in [7, 11) is 0. The van der Waals surface area contributed by atoms with Crippen molar-refractivity contribution in [3.05, 3.63) is 46.8 Å². The van der Waals surface area contributed by atoms with Crippen LogP contribution in [0.15, 0.2) is 17.1 Å². The van der Waals surface area contributed by atoms with Crippen molar-refractivity contribution in [3.63, 3.8) is 0 Å². The summed E-state index contributed by atoms with van der Waals surface area (Å²) in [6.07, 6.45) is -3.80. The van der Waals surface area contributed by atoms with Crippen LogP contribution in [0.1, 0.15) is 17.2 Å². The van der Waals surface area contributed by atoms with Gasteiger partial charge in [0, 0.05) is 24.7 Å². The van der Waals surface area contributed by atoms with Gasteiger partial charge in [-0.3, -0.25) is 9.79 Å². The lowest BCUT2D eigenvalue weighted by Gasteiger charge is -2.26. The molecule has 1 aliphatic rings. The van der Waals surface area contributed by atoms with Crippen LogP contribution in [-0.4, -0.2) is 38.3 Å². The Labute approximate surface area is 148 Å². The van der Waals surface area contributed by atoms with Crippen LogP contribution in [0.2, 0.25) is 0 Å². The van der Waals surface area contributed by atoms with Crippen molar-refractivity contribution in [2.45, 2.75) is 25.8 Å². The van der Waals surface area contributed by atoms with Crippen molar-refractivity contribution in [3.8, 4) is 0 Å². The summed E-state index contributed by atoms with van der Waals surface area (Å²) in [4.78, 5) is 16.9. The second-order valence-corrected chi connectivity index (χ2v) is 5.68. The van der Waals surface area contributed by atoms with Crippen molar-refractivity contribution >= 4 is 12.1 Å². The summed E-state index contributed by atoms with van der Waals surface area (Å²) < 4.78 is 78.6. The molecule has 1 amide bonds. The molecule has 0 spiro atoms. The normalized spacial score (nSPS) is 14.7. The van der Waals surface area contributed by atoms with Crippen LogP contribution in [0.3, 0.4) is 0 Å². The molecular formula is C15H11F6N5O. The summed E-state index contributed by atoms with van der Waals surface area (Å²) in [6.45, 7) is -0.780. The lowest BCUT2D eigenvalue weighted by atomic mass is 10.2. The first-order chi connectivity index (χ1) is 12.7. The fraction of sp³-hybridized carbons (Fsp3) is 0.333. The van der Waals surface area contributed by atoms with Crippen molar-refractivity contribution in [2.24, 2.45) is 4.99 Å². The Morgan fingerprint density at radius 2 is 1.81 bits per heavy atom. The predicted octanol–water partition coefficient (Wildman–Crippen LogP) is 2.33. The topological polar surface area (TPSA) is 63.4 Å². The maximum atomic E-state index is 13.5. The summed E-state index contributed by atoms with van der Waals surface area (Å²) in [5, 5.41) is 6.54. The average Bonchev–Trinajstić information content (AvgIpc) is 3.02. The highest BCUT2D eigenvalue weighted by Crippen LogP contribution is 2.29. The highest BCUT2D eigenvalue weighted by molar-refractivity contribution is 6.26. The van der Waals surface area contributed by atoms with Gasteiger partial charge in [0.2, 0.25) is 5.82 Å². The molecule has 2 aromatic rings. The van der Waals surface area contributed by atoms with Crippen molar-refractivity contribution in [2.75, 3.05) is 6.54 Å². The van der Waals surface area contributed by atoms with Crippen LogP contribution >= 0.6 is 0 Å². The Bertz CT molecular complexity index is 907. The number of alkyl halides is 3. The van der Waals surface area contributed by atoms with Crippen molar-refractivity contribution in [1.82, 2.24) is 19.7 Å². The van der Waals surface area contributed by atoms with Gasteiger partial charge in [0.25, 0.3) is 5.91 Å². The van der Waals surface area contributed by atoms with Crippen molar-refractivity contribution in [1.29, 1.82) is 0 Å². The number of carbonyl (C=O) groups is 1. The molecule has 0 fully saturated rings. The zero-order valence-electron chi connectivity index (χ0n) is 13.5. The van der Waals surface area contributed by atoms with E-state index in [1.54, 1.807) is 0 Å². The second kappa shape index (κ2) is 7.00. The molecule has 0 unspecified atom stereocenters. The monoisotopic (exact) mass is 391 g/mol. The highest BCUT2D eigenvalue weighted by Gasteiger charge is 2.39. The van der Waals surface area contributed by atoms with Crippen LogP contribution in [0.25, 0.3) is 0 Å². The zero-order valence-corrected chi connectivity index (χ0v) is 13.5. The number of halogens is 6. The minimum absolute atomic E-state index is 0.0259. The summed E-state index contributed by atoms with van der Waals surface area (Å²) in [5.74, 6) is -5.39. The average molecular weight is 391 g/mol. The van der Waals surface area contributed by atoms with Crippen LogP contribution in [0.5, 0.6) is 0 Å². The molecule has 0 saturated heterocycles. The molecule has 1 aromatic heterocycles. The minimum Gasteiger partial charge on any atom is -0.329 e. The van der Waals surface area contributed by atoms with E-state index < -0.39 is 41.9 Å².